The molecule has 0 aliphatic carbocycles. The van der Waals surface area contributed by atoms with Gasteiger partial charge in [0.2, 0.25) is 0 Å². The second-order valence-electron chi connectivity index (χ2n) is 3.84. The van der Waals surface area contributed by atoms with Crippen molar-refractivity contribution in [3.8, 4) is 5.75 Å². The molecule has 0 fully saturated rings. The fourth-order valence-electron chi connectivity index (χ4n) is 1.89. The first-order chi connectivity index (χ1) is 7.29. The van der Waals surface area contributed by atoms with E-state index in [-0.39, 0.29) is 11.9 Å². The summed E-state index contributed by atoms with van der Waals surface area (Å²) in [5.74, 6) is 0.669. The molecule has 2 rings (SSSR count). The quantitative estimate of drug-likeness (QED) is 0.767. The monoisotopic (exact) mass is 209 g/mol. The van der Waals surface area contributed by atoms with Gasteiger partial charge in [-0.1, -0.05) is 6.92 Å². The average Bonchev–Trinajstić information content (AvgIpc) is 2.60. The number of benzene rings is 1. The van der Waals surface area contributed by atoms with Gasteiger partial charge in [-0.05, 0) is 37.7 Å². The third-order valence-electron chi connectivity index (χ3n) is 2.66. The maximum atomic E-state index is 12.9. The Bertz CT molecular complexity index is 340. The van der Waals surface area contributed by atoms with Crippen LogP contribution in [0.1, 0.15) is 18.9 Å². The van der Waals surface area contributed by atoms with Gasteiger partial charge >= 0.3 is 0 Å². The maximum Gasteiger partial charge on any atom is 0.123 e. The minimum absolute atomic E-state index is 0.176. The summed E-state index contributed by atoms with van der Waals surface area (Å²) < 4.78 is 18.6. The van der Waals surface area contributed by atoms with E-state index in [1.807, 2.05) is 0 Å². The van der Waals surface area contributed by atoms with E-state index in [4.69, 9.17) is 4.74 Å². The summed E-state index contributed by atoms with van der Waals surface area (Å²) in [6.45, 7) is 4.02. The zero-order valence-electron chi connectivity index (χ0n) is 8.92. The van der Waals surface area contributed by atoms with Gasteiger partial charge in [0.15, 0.2) is 0 Å². The van der Waals surface area contributed by atoms with E-state index < -0.39 is 0 Å². The molecular formula is C12H16FNO. The molecule has 0 aromatic heterocycles. The average molecular weight is 209 g/mol. The third-order valence-corrected chi connectivity index (χ3v) is 2.66. The molecule has 0 amide bonds. The summed E-state index contributed by atoms with van der Waals surface area (Å²) in [6, 6.07) is 4.74. The van der Waals surface area contributed by atoms with Gasteiger partial charge in [0, 0.05) is 12.0 Å². The third kappa shape index (κ3) is 2.48. The molecule has 1 unspecified atom stereocenters. The molecule has 15 heavy (non-hydrogen) atoms. The first-order valence-corrected chi connectivity index (χ1v) is 5.45. The molecule has 0 bridgehead atoms. The molecule has 0 saturated carbocycles. The van der Waals surface area contributed by atoms with E-state index in [1.54, 1.807) is 12.1 Å². The van der Waals surface area contributed by atoms with Crippen molar-refractivity contribution in [1.82, 2.24) is 5.32 Å². The van der Waals surface area contributed by atoms with Crippen LogP contribution in [0.25, 0.3) is 0 Å². The van der Waals surface area contributed by atoms with Gasteiger partial charge in [-0.2, -0.15) is 0 Å². The number of rotatable bonds is 4. The van der Waals surface area contributed by atoms with E-state index in [2.05, 4.69) is 12.2 Å². The first-order valence-electron chi connectivity index (χ1n) is 5.45. The lowest BCUT2D eigenvalue weighted by atomic mass is 10.1. The van der Waals surface area contributed by atoms with Crippen molar-refractivity contribution in [2.45, 2.75) is 25.9 Å². The Balaban J connectivity index is 1.91. The van der Waals surface area contributed by atoms with Crippen molar-refractivity contribution in [3.05, 3.63) is 29.6 Å². The van der Waals surface area contributed by atoms with E-state index in [0.29, 0.717) is 0 Å². The van der Waals surface area contributed by atoms with Gasteiger partial charge in [0.25, 0.3) is 0 Å². The minimum atomic E-state index is -0.176. The summed E-state index contributed by atoms with van der Waals surface area (Å²) in [5.41, 5.74) is 0.997. The predicted molar refractivity (Wildman–Crippen MR) is 57.7 cm³/mol. The topological polar surface area (TPSA) is 21.3 Å². The van der Waals surface area contributed by atoms with Crippen molar-refractivity contribution in [3.63, 3.8) is 0 Å². The zero-order valence-corrected chi connectivity index (χ0v) is 8.92. The normalized spacial score (nSPS) is 18.7. The summed E-state index contributed by atoms with van der Waals surface area (Å²) in [5, 5.41) is 3.26. The van der Waals surface area contributed by atoms with E-state index in [9.17, 15) is 4.39 Å². The summed E-state index contributed by atoms with van der Waals surface area (Å²) in [4.78, 5) is 0. The maximum absolute atomic E-state index is 12.9. The molecule has 3 heteroatoms. The lowest BCUT2D eigenvalue weighted by molar-refractivity contribution is 0.220. The Morgan fingerprint density at radius 1 is 1.53 bits per heavy atom. The number of hydrogen-bond acceptors (Lipinski definition) is 2. The number of hydrogen-bond donors (Lipinski definition) is 1. The second kappa shape index (κ2) is 4.62. The Labute approximate surface area is 89.4 Å². The summed E-state index contributed by atoms with van der Waals surface area (Å²) in [7, 11) is 0. The number of nitrogens with one attached hydrogen (secondary N) is 1. The van der Waals surface area contributed by atoms with Crippen LogP contribution in [0.3, 0.4) is 0 Å². The van der Waals surface area contributed by atoms with Gasteiger partial charge in [-0.15, -0.1) is 0 Å². The summed E-state index contributed by atoms with van der Waals surface area (Å²) >= 11 is 0. The van der Waals surface area contributed by atoms with Crippen LogP contribution in [0.15, 0.2) is 18.2 Å². The lowest BCUT2D eigenvalue weighted by Gasteiger charge is -2.10. The minimum Gasteiger partial charge on any atom is -0.490 e. The predicted octanol–water partition coefficient (Wildman–Crippen LogP) is 2.13. The molecule has 1 aliphatic rings. The molecule has 1 aromatic carbocycles. The van der Waals surface area contributed by atoms with E-state index >= 15 is 0 Å². The van der Waals surface area contributed by atoms with E-state index in [1.165, 1.54) is 6.07 Å². The molecule has 1 atom stereocenters. The van der Waals surface area contributed by atoms with Crippen molar-refractivity contribution in [2.75, 3.05) is 13.1 Å². The van der Waals surface area contributed by atoms with Gasteiger partial charge in [-0.3, -0.25) is 0 Å². The molecule has 1 aliphatic heterocycles. The molecule has 1 aromatic rings. The summed E-state index contributed by atoms with van der Waals surface area (Å²) in [6.07, 6.45) is 2.02. The zero-order chi connectivity index (χ0) is 10.7. The second-order valence-corrected chi connectivity index (χ2v) is 3.84. The highest BCUT2D eigenvalue weighted by molar-refractivity contribution is 5.37. The van der Waals surface area contributed by atoms with Gasteiger partial charge in [0.1, 0.15) is 17.7 Å². The van der Waals surface area contributed by atoms with Crippen LogP contribution in [0.5, 0.6) is 5.75 Å². The van der Waals surface area contributed by atoms with Crippen molar-refractivity contribution in [1.29, 1.82) is 0 Å². The molecule has 0 saturated heterocycles. The molecular weight excluding hydrogens is 193 g/mol. The molecule has 1 N–H and O–H groups in total. The number of fused-ring (bicyclic) bond motifs is 1. The number of halogens is 1. The van der Waals surface area contributed by atoms with Crippen LogP contribution in [0.2, 0.25) is 0 Å². The Morgan fingerprint density at radius 2 is 2.40 bits per heavy atom. The molecule has 2 nitrogen and oxygen atoms in total. The highest BCUT2D eigenvalue weighted by Gasteiger charge is 2.22. The molecule has 0 spiro atoms. The standard InChI is InChI=1S/C12H16FNO/c1-2-14-6-5-11-8-9-7-10(13)3-4-12(9)15-11/h3-4,7,11,14H,2,5-6,8H2,1H3. The lowest BCUT2D eigenvalue weighted by Crippen LogP contribution is -2.22. The smallest absolute Gasteiger partial charge is 0.123 e. The largest absolute Gasteiger partial charge is 0.490 e. The van der Waals surface area contributed by atoms with Crippen LogP contribution in [-0.4, -0.2) is 19.2 Å². The van der Waals surface area contributed by atoms with Crippen LogP contribution >= 0.6 is 0 Å². The highest BCUT2D eigenvalue weighted by atomic mass is 19.1. The van der Waals surface area contributed by atoms with Gasteiger partial charge < -0.3 is 10.1 Å². The first kappa shape index (κ1) is 10.4. The molecule has 0 radical (unpaired) electrons. The van der Waals surface area contributed by atoms with Crippen LogP contribution in [-0.2, 0) is 6.42 Å². The van der Waals surface area contributed by atoms with Crippen LogP contribution < -0.4 is 10.1 Å². The van der Waals surface area contributed by atoms with Crippen molar-refractivity contribution < 1.29 is 9.13 Å². The Kier molecular flexibility index (Phi) is 3.21. The Hall–Kier alpha value is -1.09. The van der Waals surface area contributed by atoms with Crippen molar-refractivity contribution in [2.24, 2.45) is 0 Å². The Morgan fingerprint density at radius 3 is 3.20 bits per heavy atom. The van der Waals surface area contributed by atoms with Crippen LogP contribution in [0, 0.1) is 5.82 Å². The molecule has 1 heterocycles. The van der Waals surface area contributed by atoms with E-state index in [0.717, 1.165) is 37.2 Å². The van der Waals surface area contributed by atoms with Gasteiger partial charge in [0.05, 0.1) is 0 Å². The fraction of sp³-hybridized carbons (Fsp3) is 0.500. The SMILES string of the molecule is CCNCCC1Cc2cc(F)ccc2O1. The van der Waals surface area contributed by atoms with Crippen molar-refractivity contribution >= 4 is 0 Å². The molecule has 82 valence electrons. The fourth-order valence-corrected chi connectivity index (χ4v) is 1.89. The number of ether oxygens (including phenoxy) is 1. The van der Waals surface area contributed by atoms with Crippen LogP contribution in [0.4, 0.5) is 4.39 Å². The van der Waals surface area contributed by atoms with Gasteiger partial charge in [-0.25, -0.2) is 4.39 Å². The highest BCUT2D eigenvalue weighted by Crippen LogP contribution is 2.30.